The number of amides is 3. The van der Waals surface area contributed by atoms with E-state index < -0.39 is 67.0 Å². The highest BCUT2D eigenvalue weighted by Crippen LogP contribution is 2.37. The lowest BCUT2D eigenvalue weighted by molar-refractivity contribution is -0.151. The molecule has 13 nitrogen and oxygen atoms in total. The Hall–Kier alpha value is -5.38. The molecular weight excluding hydrogens is 753 g/mol. The Morgan fingerprint density at radius 2 is 1.39 bits per heavy atom. The van der Waals surface area contributed by atoms with E-state index in [9.17, 15) is 24.0 Å². The highest BCUT2D eigenvalue weighted by molar-refractivity contribution is 7.13. The van der Waals surface area contributed by atoms with E-state index >= 15 is 0 Å². The molecule has 0 bridgehead atoms. The summed E-state index contributed by atoms with van der Waals surface area (Å²) in [7, 11) is -1.93. The van der Waals surface area contributed by atoms with E-state index in [-0.39, 0.29) is 12.3 Å². The first kappa shape index (κ1) is 43.3. The fourth-order valence-corrected chi connectivity index (χ4v) is 11.5. The van der Waals surface area contributed by atoms with Crippen molar-refractivity contribution < 1.29 is 42.6 Å². The average Bonchev–Trinajstić information content (AvgIpc) is 3.63. The molecule has 0 saturated heterocycles. The summed E-state index contributed by atoms with van der Waals surface area (Å²) < 4.78 is 22.6. The summed E-state index contributed by atoms with van der Waals surface area (Å²) in [5, 5.41) is 11.5. The molecule has 1 heterocycles. The molecular formula is C41H50N4O9SSi. The molecule has 4 aromatic rings. The number of anilines is 1. The molecule has 3 atom stereocenters. The number of hydrogen-bond donors (Lipinski definition) is 3. The zero-order valence-electron chi connectivity index (χ0n) is 33.1. The van der Waals surface area contributed by atoms with Crippen LogP contribution in [0, 0.1) is 0 Å². The SMILES string of the molecule is COC(=O)C(CO[Si](c1ccccc1)(c1ccccc1)C(C)(C)C)NC(=O)C(NC(=O)c1csc(-c2ccc(NC(=O)OC(C)(C)C)cc2)n1)C(C)OC(C)=O. The molecule has 3 unspecified atom stereocenters. The van der Waals surface area contributed by atoms with E-state index in [0.717, 1.165) is 10.4 Å². The number of hydrogen-bond acceptors (Lipinski definition) is 11. The number of methoxy groups -OCH3 is 1. The van der Waals surface area contributed by atoms with Gasteiger partial charge in [-0.05, 0) is 67.4 Å². The Kier molecular flexibility index (Phi) is 14.3. The van der Waals surface area contributed by atoms with Gasteiger partial charge in [0.15, 0.2) is 0 Å². The van der Waals surface area contributed by atoms with Crippen molar-refractivity contribution in [2.45, 2.75) is 84.2 Å². The van der Waals surface area contributed by atoms with Crippen molar-refractivity contribution in [2.24, 2.45) is 0 Å². The van der Waals surface area contributed by atoms with E-state index in [1.807, 2.05) is 60.7 Å². The topological polar surface area (TPSA) is 171 Å². The molecule has 0 saturated carbocycles. The van der Waals surface area contributed by atoms with Crippen molar-refractivity contribution >= 4 is 65.6 Å². The molecule has 0 aliphatic rings. The van der Waals surface area contributed by atoms with Crippen LogP contribution >= 0.6 is 11.3 Å². The molecule has 0 radical (unpaired) electrons. The number of esters is 2. The van der Waals surface area contributed by atoms with E-state index in [0.29, 0.717) is 16.3 Å². The second-order valence-electron chi connectivity index (χ2n) is 15.1. The van der Waals surface area contributed by atoms with Crippen LogP contribution in [-0.4, -0.2) is 80.7 Å². The van der Waals surface area contributed by atoms with Gasteiger partial charge in [-0.3, -0.25) is 19.7 Å². The first-order chi connectivity index (χ1) is 26.3. The van der Waals surface area contributed by atoms with Crippen LogP contribution in [0.15, 0.2) is 90.3 Å². The molecule has 1 aromatic heterocycles. The Balaban J connectivity index is 1.56. The van der Waals surface area contributed by atoms with Gasteiger partial charge in [0.05, 0.1) is 13.7 Å². The van der Waals surface area contributed by atoms with Crippen LogP contribution in [0.4, 0.5) is 10.5 Å². The maximum absolute atomic E-state index is 14.0. The zero-order valence-corrected chi connectivity index (χ0v) is 34.9. The van der Waals surface area contributed by atoms with Gasteiger partial charge in [0.1, 0.15) is 34.5 Å². The number of benzene rings is 3. The normalized spacial score (nSPS) is 13.4. The summed E-state index contributed by atoms with van der Waals surface area (Å²) in [4.78, 5) is 69.5. The number of nitrogens with zero attached hydrogens (tertiary/aromatic N) is 1. The number of aromatic nitrogens is 1. The summed E-state index contributed by atoms with van der Waals surface area (Å²) >= 11 is 1.19. The predicted molar refractivity (Wildman–Crippen MR) is 217 cm³/mol. The minimum Gasteiger partial charge on any atom is -0.467 e. The van der Waals surface area contributed by atoms with E-state index in [4.69, 9.17) is 18.6 Å². The molecule has 0 aliphatic heterocycles. The van der Waals surface area contributed by atoms with Crippen molar-refractivity contribution in [1.82, 2.24) is 15.6 Å². The van der Waals surface area contributed by atoms with Crippen LogP contribution in [0.1, 0.15) is 65.9 Å². The van der Waals surface area contributed by atoms with Crippen LogP contribution in [0.25, 0.3) is 10.6 Å². The minimum absolute atomic E-state index is 0.00770. The van der Waals surface area contributed by atoms with Crippen LogP contribution in [0.5, 0.6) is 0 Å². The quantitative estimate of drug-likeness (QED) is 0.0848. The van der Waals surface area contributed by atoms with Gasteiger partial charge in [-0.25, -0.2) is 14.6 Å². The van der Waals surface area contributed by atoms with Crippen LogP contribution < -0.4 is 26.3 Å². The third-order valence-corrected chi connectivity index (χ3v) is 14.5. The molecule has 298 valence electrons. The van der Waals surface area contributed by atoms with Gasteiger partial charge in [-0.1, -0.05) is 81.4 Å². The lowest BCUT2D eigenvalue weighted by atomic mass is 10.1. The smallest absolute Gasteiger partial charge is 0.412 e. The van der Waals surface area contributed by atoms with Gasteiger partial charge in [0.25, 0.3) is 14.2 Å². The second-order valence-corrected chi connectivity index (χ2v) is 20.2. The van der Waals surface area contributed by atoms with Crippen molar-refractivity contribution in [3.63, 3.8) is 0 Å². The average molecular weight is 803 g/mol. The molecule has 4 rings (SSSR count). The molecule has 0 spiro atoms. The summed E-state index contributed by atoms with van der Waals surface area (Å²) in [5.41, 5.74) is 0.537. The van der Waals surface area contributed by atoms with Crippen molar-refractivity contribution in [3.8, 4) is 10.6 Å². The summed E-state index contributed by atoms with van der Waals surface area (Å²) in [6.45, 7) is 13.9. The third kappa shape index (κ3) is 11.1. The van der Waals surface area contributed by atoms with Crippen LogP contribution in [-0.2, 0) is 33.0 Å². The van der Waals surface area contributed by atoms with E-state index in [1.165, 1.54) is 37.7 Å². The number of carbonyl (C=O) groups excluding carboxylic acids is 5. The molecule has 0 aliphatic carbocycles. The highest BCUT2D eigenvalue weighted by Gasteiger charge is 2.51. The second kappa shape index (κ2) is 18.5. The first-order valence-corrected chi connectivity index (χ1v) is 20.8. The minimum atomic E-state index is -3.14. The van der Waals surface area contributed by atoms with Crippen LogP contribution in [0.3, 0.4) is 0 Å². The largest absolute Gasteiger partial charge is 0.467 e. The molecule has 0 fully saturated rings. The number of ether oxygens (including phenoxy) is 3. The number of carbonyl (C=O) groups is 5. The molecule has 3 N–H and O–H groups in total. The summed E-state index contributed by atoms with van der Waals surface area (Å²) in [6, 6.07) is 23.7. The number of rotatable bonds is 14. The van der Waals surface area contributed by atoms with Gasteiger partial charge in [0.2, 0.25) is 5.91 Å². The van der Waals surface area contributed by atoms with Gasteiger partial charge in [-0.15, -0.1) is 11.3 Å². The third-order valence-electron chi connectivity index (χ3n) is 8.59. The van der Waals surface area contributed by atoms with Crippen LogP contribution in [0.2, 0.25) is 5.04 Å². The number of nitrogens with one attached hydrogen (secondary N) is 3. The Morgan fingerprint density at radius 1 is 0.821 bits per heavy atom. The van der Waals surface area contributed by atoms with Gasteiger partial charge in [-0.2, -0.15) is 0 Å². The van der Waals surface area contributed by atoms with E-state index in [2.05, 4.69) is 41.7 Å². The fourth-order valence-electron chi connectivity index (χ4n) is 6.11. The molecule has 56 heavy (non-hydrogen) atoms. The van der Waals surface area contributed by atoms with Crippen molar-refractivity contribution in [3.05, 3.63) is 96.0 Å². The predicted octanol–water partition coefficient (Wildman–Crippen LogP) is 5.44. The fraction of sp³-hybridized carbons (Fsp3) is 0.366. The molecule has 3 aromatic carbocycles. The lowest BCUT2D eigenvalue weighted by Gasteiger charge is -2.43. The maximum atomic E-state index is 14.0. The number of thiazole rings is 1. The Morgan fingerprint density at radius 3 is 1.89 bits per heavy atom. The highest BCUT2D eigenvalue weighted by atomic mass is 32.1. The molecule has 3 amide bonds. The van der Waals surface area contributed by atoms with Crippen molar-refractivity contribution in [1.29, 1.82) is 0 Å². The zero-order chi connectivity index (χ0) is 41.3. The first-order valence-electron chi connectivity index (χ1n) is 18.0. The monoisotopic (exact) mass is 802 g/mol. The summed E-state index contributed by atoms with van der Waals surface area (Å²) in [5.74, 6) is -2.97. The van der Waals surface area contributed by atoms with Gasteiger partial charge < -0.3 is 29.3 Å². The molecule has 15 heteroatoms. The van der Waals surface area contributed by atoms with E-state index in [1.54, 1.807) is 45.0 Å². The maximum Gasteiger partial charge on any atom is 0.412 e. The lowest BCUT2D eigenvalue weighted by Crippen LogP contribution is -2.68. The van der Waals surface area contributed by atoms with Gasteiger partial charge in [0, 0.05) is 23.6 Å². The Bertz CT molecular complexity index is 1940. The summed E-state index contributed by atoms with van der Waals surface area (Å²) in [6.07, 6.45) is -1.74. The standard InChI is InChI=1S/C41H50N4O9SSi/c1-26(53-27(2)46)34(45-35(47)33-25-55-37(44-33)28-20-22-29(23-21-28)42-39(50)54-40(3,4)5)36(48)43-32(38(49)51-9)24-52-56(41(6,7)8,30-16-12-10-13-17-30)31-18-14-11-15-19-31/h10-23,25-26,32,34H,24H2,1-9H3,(H,42,50)(H,43,48)(H,45,47). The Labute approximate surface area is 332 Å². The van der Waals surface area contributed by atoms with Gasteiger partial charge >= 0.3 is 18.0 Å². The van der Waals surface area contributed by atoms with Crippen molar-refractivity contribution in [2.75, 3.05) is 19.0 Å².